The van der Waals surface area contributed by atoms with Crippen molar-refractivity contribution < 1.29 is 19.9 Å². The summed E-state index contributed by atoms with van der Waals surface area (Å²) in [5.41, 5.74) is 1.93. The molecule has 29 heavy (non-hydrogen) atoms. The number of unbranched alkanes of at least 4 members (excludes halogenated alkanes) is 9. The van der Waals surface area contributed by atoms with Gasteiger partial charge in [-0.15, -0.1) is 0 Å². The monoisotopic (exact) mass is 398 g/mol. The van der Waals surface area contributed by atoms with Gasteiger partial charge in [-0.1, -0.05) is 63.2 Å². The molecule has 0 aromatic rings. The zero-order valence-corrected chi connectivity index (χ0v) is 17.5. The minimum Gasteiger partial charge on any atom is -0.504 e. The Morgan fingerprint density at radius 1 is 0.724 bits per heavy atom. The molecule has 158 valence electrons. The highest BCUT2D eigenvalue weighted by atomic mass is 16.3. The van der Waals surface area contributed by atoms with E-state index in [2.05, 4.69) is 24.6 Å². The van der Waals surface area contributed by atoms with E-state index in [0.717, 1.165) is 24.1 Å². The molecular formula is C25H36NO3+. The average Bonchev–Trinajstić information content (AvgIpc) is 2.74. The van der Waals surface area contributed by atoms with Crippen LogP contribution in [0.3, 0.4) is 0 Å². The normalized spacial score (nSPS) is 19.8. The summed E-state index contributed by atoms with van der Waals surface area (Å²) in [7, 11) is 0. The standard InChI is InChI=1S/C25H35NO3/c27-20-10-8-6-4-2-1-3-5-7-9-17-26-18-15-22(16-19-26)11-12-23-13-14-24(28)25(29)21-23/h11-16,18-19,21,27,29H,1-10,17,20H2/p+1. The summed E-state index contributed by atoms with van der Waals surface area (Å²) < 4.78 is 0. The van der Waals surface area contributed by atoms with Crippen molar-refractivity contribution in [3.63, 3.8) is 0 Å². The SMILES string of the molecule is O=C1C=CC(=CC=C2C=C[NH+](CCCCCCCCCCCCO)C=C2)C=C1O. The van der Waals surface area contributed by atoms with E-state index in [1.54, 1.807) is 6.08 Å². The molecule has 0 aromatic carbocycles. The first-order valence-electron chi connectivity index (χ1n) is 11.1. The molecule has 0 aromatic heterocycles. The molecule has 3 N–H and O–H groups in total. The number of quaternary nitrogens is 1. The highest BCUT2D eigenvalue weighted by Crippen LogP contribution is 2.13. The Labute approximate surface area is 175 Å². The number of rotatable bonds is 13. The van der Waals surface area contributed by atoms with Crippen LogP contribution < -0.4 is 4.90 Å². The number of allylic oxidation sites excluding steroid dienone is 9. The van der Waals surface area contributed by atoms with E-state index in [1.165, 1.54) is 74.8 Å². The smallest absolute Gasteiger partial charge is 0.220 e. The first-order chi connectivity index (χ1) is 14.2. The van der Waals surface area contributed by atoms with Crippen LogP contribution in [0.15, 0.2) is 71.8 Å². The van der Waals surface area contributed by atoms with E-state index in [0.29, 0.717) is 6.61 Å². The van der Waals surface area contributed by atoms with Gasteiger partial charge in [0.25, 0.3) is 0 Å². The highest BCUT2D eigenvalue weighted by Gasteiger charge is 2.09. The molecule has 1 heterocycles. The van der Waals surface area contributed by atoms with E-state index in [1.807, 2.05) is 12.2 Å². The highest BCUT2D eigenvalue weighted by molar-refractivity contribution is 6.04. The molecule has 0 amide bonds. The Kier molecular flexibility index (Phi) is 11.1. The van der Waals surface area contributed by atoms with Crippen LogP contribution >= 0.6 is 0 Å². The minimum absolute atomic E-state index is 0.208. The minimum atomic E-state index is -0.347. The summed E-state index contributed by atoms with van der Waals surface area (Å²) in [6, 6.07) is 0. The Morgan fingerprint density at radius 2 is 1.28 bits per heavy atom. The van der Waals surface area contributed by atoms with Crippen LogP contribution in [0.5, 0.6) is 0 Å². The lowest BCUT2D eigenvalue weighted by atomic mass is 10.1. The first-order valence-corrected chi connectivity index (χ1v) is 11.1. The van der Waals surface area contributed by atoms with Crippen LogP contribution in [0.25, 0.3) is 0 Å². The molecule has 0 fully saturated rings. The number of carbonyl (C=O) groups excluding carboxylic acids is 1. The maximum absolute atomic E-state index is 11.2. The van der Waals surface area contributed by atoms with Gasteiger partial charge in [-0.2, -0.15) is 0 Å². The molecule has 0 unspecified atom stereocenters. The fourth-order valence-electron chi connectivity index (χ4n) is 3.48. The lowest BCUT2D eigenvalue weighted by Crippen LogP contribution is -3.03. The van der Waals surface area contributed by atoms with E-state index in [9.17, 15) is 9.90 Å². The predicted octanol–water partition coefficient (Wildman–Crippen LogP) is 4.24. The molecule has 1 aliphatic carbocycles. The van der Waals surface area contributed by atoms with Crippen molar-refractivity contribution in [2.75, 3.05) is 13.2 Å². The first kappa shape index (κ1) is 23.1. The summed E-state index contributed by atoms with van der Waals surface area (Å²) in [4.78, 5) is 12.6. The topological polar surface area (TPSA) is 62.0 Å². The van der Waals surface area contributed by atoms with Crippen molar-refractivity contribution in [1.82, 2.24) is 0 Å². The van der Waals surface area contributed by atoms with Crippen molar-refractivity contribution in [3.8, 4) is 0 Å². The van der Waals surface area contributed by atoms with Crippen LogP contribution in [0, 0.1) is 0 Å². The third kappa shape index (κ3) is 9.73. The number of ketones is 1. The molecule has 0 radical (unpaired) electrons. The summed E-state index contributed by atoms with van der Waals surface area (Å²) >= 11 is 0. The zero-order chi connectivity index (χ0) is 20.7. The summed E-state index contributed by atoms with van der Waals surface area (Å²) in [6.07, 6.45) is 29.7. The van der Waals surface area contributed by atoms with Gasteiger partial charge in [0.15, 0.2) is 5.76 Å². The Hall–Kier alpha value is -2.17. The van der Waals surface area contributed by atoms with Crippen molar-refractivity contribution >= 4 is 5.78 Å². The second-order valence-corrected chi connectivity index (χ2v) is 7.81. The van der Waals surface area contributed by atoms with Gasteiger partial charge in [-0.25, -0.2) is 0 Å². The molecule has 0 spiro atoms. The van der Waals surface area contributed by atoms with Gasteiger partial charge in [0.1, 0.15) is 0 Å². The Balaban J connectivity index is 1.55. The molecule has 4 heteroatoms. The molecule has 0 saturated carbocycles. The van der Waals surface area contributed by atoms with E-state index < -0.39 is 0 Å². The van der Waals surface area contributed by atoms with Crippen molar-refractivity contribution in [3.05, 3.63) is 71.8 Å². The van der Waals surface area contributed by atoms with E-state index >= 15 is 0 Å². The van der Waals surface area contributed by atoms with Gasteiger partial charge in [0.05, 0.1) is 18.9 Å². The predicted molar refractivity (Wildman–Crippen MR) is 118 cm³/mol. The average molecular weight is 399 g/mol. The lowest BCUT2D eigenvalue weighted by Gasteiger charge is -2.12. The second-order valence-electron chi connectivity index (χ2n) is 7.81. The molecule has 1 aliphatic heterocycles. The van der Waals surface area contributed by atoms with Gasteiger partial charge < -0.3 is 10.2 Å². The van der Waals surface area contributed by atoms with E-state index in [-0.39, 0.29) is 11.5 Å². The number of hydrogen-bond acceptors (Lipinski definition) is 3. The van der Waals surface area contributed by atoms with Gasteiger partial charge in [-0.05, 0) is 54.7 Å². The number of nitrogens with one attached hydrogen (secondary N) is 1. The van der Waals surface area contributed by atoms with Crippen LogP contribution in [0.2, 0.25) is 0 Å². The summed E-state index contributed by atoms with van der Waals surface area (Å²) in [5.74, 6) is -0.554. The Bertz CT molecular complexity index is 679. The van der Waals surface area contributed by atoms with Crippen LogP contribution in [0.1, 0.15) is 64.2 Å². The second kappa shape index (κ2) is 13.9. The Morgan fingerprint density at radius 3 is 1.86 bits per heavy atom. The van der Waals surface area contributed by atoms with Crippen molar-refractivity contribution in [1.29, 1.82) is 0 Å². The quantitative estimate of drug-likeness (QED) is 0.407. The van der Waals surface area contributed by atoms with Crippen molar-refractivity contribution in [2.24, 2.45) is 0 Å². The molecule has 0 atom stereocenters. The van der Waals surface area contributed by atoms with Gasteiger partial charge in [-0.3, -0.25) is 9.69 Å². The van der Waals surface area contributed by atoms with Crippen LogP contribution in [0.4, 0.5) is 0 Å². The van der Waals surface area contributed by atoms with Gasteiger partial charge >= 0.3 is 0 Å². The zero-order valence-electron chi connectivity index (χ0n) is 17.5. The molecule has 2 aliphatic rings. The maximum atomic E-state index is 11.2. The van der Waals surface area contributed by atoms with Crippen molar-refractivity contribution in [2.45, 2.75) is 64.2 Å². The molecule has 2 rings (SSSR count). The number of hydrogen-bond donors (Lipinski definition) is 3. The number of carbonyl (C=O) groups is 1. The van der Waals surface area contributed by atoms with Gasteiger partial charge in [0, 0.05) is 6.61 Å². The number of aliphatic hydroxyl groups is 2. The molecule has 0 saturated heterocycles. The molecule has 0 bridgehead atoms. The molecule has 4 nitrogen and oxygen atoms in total. The molecular weight excluding hydrogens is 362 g/mol. The third-order valence-corrected chi connectivity index (χ3v) is 5.30. The number of aliphatic hydroxyl groups excluding tert-OH is 2. The maximum Gasteiger partial charge on any atom is 0.220 e. The largest absolute Gasteiger partial charge is 0.504 e. The van der Waals surface area contributed by atoms with Crippen LogP contribution in [-0.4, -0.2) is 29.1 Å². The third-order valence-electron chi connectivity index (χ3n) is 5.30. The van der Waals surface area contributed by atoms with Crippen LogP contribution in [-0.2, 0) is 4.79 Å². The van der Waals surface area contributed by atoms with Gasteiger partial charge in [0.2, 0.25) is 5.78 Å². The summed E-state index contributed by atoms with van der Waals surface area (Å²) in [5, 5.41) is 18.2. The van der Waals surface area contributed by atoms with E-state index in [4.69, 9.17) is 5.11 Å². The fraction of sp³-hybridized carbons (Fsp3) is 0.480. The lowest BCUT2D eigenvalue weighted by molar-refractivity contribution is -0.791. The fourth-order valence-corrected chi connectivity index (χ4v) is 3.48. The summed E-state index contributed by atoms with van der Waals surface area (Å²) in [6.45, 7) is 1.46.